The minimum atomic E-state index is -0.377. The van der Waals surface area contributed by atoms with Crippen molar-refractivity contribution in [3.05, 3.63) is 58.9 Å². The molecule has 0 aromatic heterocycles. The van der Waals surface area contributed by atoms with Gasteiger partial charge in [-0.25, -0.2) is 4.39 Å². The number of aryl methyl sites for hydroxylation is 1. The van der Waals surface area contributed by atoms with Gasteiger partial charge in [-0.3, -0.25) is 4.79 Å². The van der Waals surface area contributed by atoms with Gasteiger partial charge in [-0.2, -0.15) is 0 Å². The van der Waals surface area contributed by atoms with Crippen molar-refractivity contribution >= 4 is 24.0 Å². The molecular weight excluding hydrogens is 331 g/mol. The van der Waals surface area contributed by atoms with Crippen LogP contribution >= 0.6 is 12.4 Å². The molecule has 24 heavy (non-hydrogen) atoms. The first-order valence-corrected chi connectivity index (χ1v) is 7.64. The Kier molecular flexibility index (Phi) is 6.17. The second-order valence-corrected chi connectivity index (χ2v) is 5.64. The molecule has 1 amide bonds. The average molecular weight is 351 g/mol. The van der Waals surface area contributed by atoms with Gasteiger partial charge in [-0.05, 0) is 49.2 Å². The van der Waals surface area contributed by atoms with Crippen LogP contribution in [0.1, 0.15) is 16.7 Å². The number of amides is 1. The van der Waals surface area contributed by atoms with Crippen molar-refractivity contribution in [1.29, 1.82) is 0 Å². The summed E-state index contributed by atoms with van der Waals surface area (Å²) in [4.78, 5) is 12.0. The fourth-order valence-corrected chi connectivity index (χ4v) is 2.60. The van der Waals surface area contributed by atoms with Crippen LogP contribution < -0.4 is 15.4 Å². The van der Waals surface area contributed by atoms with Crippen LogP contribution in [0.25, 0.3) is 0 Å². The van der Waals surface area contributed by atoms with E-state index in [9.17, 15) is 9.18 Å². The Morgan fingerprint density at radius 2 is 2.00 bits per heavy atom. The summed E-state index contributed by atoms with van der Waals surface area (Å²) in [5, 5.41) is 5.78. The monoisotopic (exact) mass is 350 g/mol. The molecule has 1 aliphatic rings. The molecule has 0 unspecified atom stereocenters. The van der Waals surface area contributed by atoms with E-state index in [0.717, 1.165) is 17.7 Å². The Labute approximate surface area is 146 Å². The second kappa shape index (κ2) is 8.13. The van der Waals surface area contributed by atoms with Gasteiger partial charge in [0.2, 0.25) is 0 Å². The van der Waals surface area contributed by atoms with E-state index in [1.54, 1.807) is 18.2 Å². The van der Waals surface area contributed by atoms with Crippen molar-refractivity contribution in [3.63, 3.8) is 0 Å². The molecule has 0 radical (unpaired) electrons. The summed E-state index contributed by atoms with van der Waals surface area (Å²) in [7, 11) is 0. The highest BCUT2D eigenvalue weighted by molar-refractivity contribution is 5.92. The number of carbonyl (C=O) groups is 1. The van der Waals surface area contributed by atoms with Crippen molar-refractivity contribution in [3.8, 4) is 5.75 Å². The molecule has 0 saturated carbocycles. The molecule has 0 saturated heterocycles. The zero-order valence-electron chi connectivity index (χ0n) is 13.4. The van der Waals surface area contributed by atoms with Gasteiger partial charge >= 0.3 is 0 Å². The molecule has 4 nitrogen and oxygen atoms in total. The first kappa shape index (κ1) is 18.2. The van der Waals surface area contributed by atoms with E-state index in [0.29, 0.717) is 24.3 Å². The normalized spacial score (nSPS) is 12.8. The smallest absolute Gasteiger partial charge is 0.262 e. The largest absolute Gasteiger partial charge is 0.484 e. The van der Waals surface area contributed by atoms with Crippen LogP contribution in [0.3, 0.4) is 0 Å². The molecule has 2 N–H and O–H groups in total. The van der Waals surface area contributed by atoms with Gasteiger partial charge in [0.25, 0.3) is 5.91 Å². The highest BCUT2D eigenvalue weighted by Crippen LogP contribution is 2.24. The third kappa shape index (κ3) is 4.24. The third-order valence-electron chi connectivity index (χ3n) is 3.87. The lowest BCUT2D eigenvalue weighted by molar-refractivity contribution is -0.118. The third-order valence-corrected chi connectivity index (χ3v) is 3.87. The lowest BCUT2D eigenvalue weighted by Crippen LogP contribution is -2.26. The minimum absolute atomic E-state index is 0. The lowest BCUT2D eigenvalue weighted by atomic mass is 9.99. The molecule has 6 heteroatoms. The van der Waals surface area contributed by atoms with Crippen molar-refractivity contribution < 1.29 is 13.9 Å². The molecule has 3 rings (SSSR count). The van der Waals surface area contributed by atoms with E-state index >= 15 is 0 Å². The number of fused-ring (bicyclic) bond motifs is 1. The van der Waals surface area contributed by atoms with Crippen molar-refractivity contribution in [2.45, 2.75) is 19.9 Å². The molecule has 0 fully saturated rings. The highest BCUT2D eigenvalue weighted by Gasteiger charge is 2.17. The van der Waals surface area contributed by atoms with Gasteiger partial charge in [0.1, 0.15) is 11.6 Å². The molecule has 0 atom stereocenters. The Morgan fingerprint density at radius 3 is 2.75 bits per heavy atom. The SMILES string of the molecule is Cc1ccc(OCC(=O)Nc2ccc3c(c2F)CCNC3)cc1.Cl. The predicted molar refractivity (Wildman–Crippen MR) is 94.4 cm³/mol. The van der Waals surface area contributed by atoms with Crippen molar-refractivity contribution in [2.75, 3.05) is 18.5 Å². The van der Waals surface area contributed by atoms with Gasteiger partial charge in [-0.15, -0.1) is 12.4 Å². The summed E-state index contributed by atoms with van der Waals surface area (Å²) in [5.41, 5.74) is 2.96. The van der Waals surface area contributed by atoms with E-state index in [1.807, 2.05) is 25.1 Å². The lowest BCUT2D eigenvalue weighted by Gasteiger charge is -2.19. The molecule has 128 valence electrons. The van der Waals surface area contributed by atoms with Crippen LogP contribution in [0.15, 0.2) is 36.4 Å². The minimum Gasteiger partial charge on any atom is -0.484 e. The van der Waals surface area contributed by atoms with E-state index in [1.165, 1.54) is 0 Å². The van der Waals surface area contributed by atoms with Gasteiger partial charge in [0.15, 0.2) is 6.61 Å². The van der Waals surface area contributed by atoms with E-state index in [-0.39, 0.29) is 36.4 Å². The topological polar surface area (TPSA) is 50.4 Å². The maximum atomic E-state index is 14.4. The number of anilines is 1. The summed E-state index contributed by atoms with van der Waals surface area (Å²) in [6, 6.07) is 10.9. The molecule has 0 spiro atoms. The summed E-state index contributed by atoms with van der Waals surface area (Å²) in [6.07, 6.45) is 0.630. The summed E-state index contributed by atoms with van der Waals surface area (Å²) in [6.45, 7) is 3.24. The van der Waals surface area contributed by atoms with Crippen LogP contribution in [0, 0.1) is 12.7 Å². The van der Waals surface area contributed by atoms with Gasteiger partial charge in [0.05, 0.1) is 5.69 Å². The molecule has 2 aromatic rings. The Bertz CT molecular complexity index is 720. The molecule has 1 aliphatic heterocycles. The Hall–Kier alpha value is -2.11. The van der Waals surface area contributed by atoms with Crippen LogP contribution in [0.4, 0.5) is 10.1 Å². The van der Waals surface area contributed by atoms with Crippen molar-refractivity contribution in [1.82, 2.24) is 5.32 Å². The molecule has 1 heterocycles. The zero-order valence-corrected chi connectivity index (χ0v) is 14.2. The van der Waals surface area contributed by atoms with Crippen LogP contribution in [-0.4, -0.2) is 19.1 Å². The number of halogens is 2. The maximum Gasteiger partial charge on any atom is 0.262 e. The maximum absolute atomic E-state index is 14.4. The van der Waals surface area contributed by atoms with Crippen LogP contribution in [-0.2, 0) is 17.8 Å². The Balaban J connectivity index is 0.00000208. The van der Waals surface area contributed by atoms with Gasteiger partial charge in [0, 0.05) is 6.54 Å². The molecule has 0 aliphatic carbocycles. The summed E-state index contributed by atoms with van der Waals surface area (Å²) >= 11 is 0. The number of nitrogens with one attached hydrogen (secondary N) is 2. The number of carbonyl (C=O) groups excluding carboxylic acids is 1. The number of ether oxygens (including phenoxy) is 1. The quantitative estimate of drug-likeness (QED) is 0.890. The first-order chi connectivity index (χ1) is 11.1. The number of rotatable bonds is 4. The van der Waals surface area contributed by atoms with E-state index in [4.69, 9.17) is 4.74 Å². The van der Waals surface area contributed by atoms with Crippen LogP contribution in [0.2, 0.25) is 0 Å². The van der Waals surface area contributed by atoms with E-state index < -0.39 is 0 Å². The van der Waals surface area contributed by atoms with Gasteiger partial charge < -0.3 is 15.4 Å². The second-order valence-electron chi connectivity index (χ2n) is 5.64. The van der Waals surface area contributed by atoms with Crippen LogP contribution in [0.5, 0.6) is 5.75 Å². The van der Waals surface area contributed by atoms with E-state index in [2.05, 4.69) is 10.6 Å². The fraction of sp³-hybridized carbons (Fsp3) is 0.278. The number of benzene rings is 2. The predicted octanol–water partition coefficient (Wildman–Crippen LogP) is 3.22. The average Bonchev–Trinajstić information content (AvgIpc) is 2.57. The fourth-order valence-electron chi connectivity index (χ4n) is 2.60. The van der Waals surface area contributed by atoms with Crippen molar-refractivity contribution in [2.24, 2.45) is 0 Å². The number of hydrogen-bond acceptors (Lipinski definition) is 3. The summed E-state index contributed by atoms with van der Waals surface area (Å²) in [5.74, 6) is -0.103. The van der Waals surface area contributed by atoms with Gasteiger partial charge in [-0.1, -0.05) is 23.8 Å². The number of hydrogen-bond donors (Lipinski definition) is 2. The first-order valence-electron chi connectivity index (χ1n) is 7.64. The summed E-state index contributed by atoms with van der Waals surface area (Å²) < 4.78 is 19.8. The molecule has 0 bridgehead atoms. The standard InChI is InChI=1S/C18H19FN2O2.ClH/c1-12-2-5-14(6-3-12)23-11-17(22)21-16-7-4-13-10-20-9-8-15(13)18(16)19;/h2-7,20H,8-11H2,1H3,(H,21,22);1H. The highest BCUT2D eigenvalue weighted by atomic mass is 35.5. The molecular formula is C18H20ClFN2O2. The zero-order chi connectivity index (χ0) is 16.2. The molecule has 2 aromatic carbocycles. The Morgan fingerprint density at radius 1 is 1.25 bits per heavy atom.